The zero-order chi connectivity index (χ0) is 12.5. The smallest absolute Gasteiger partial charge is 0.150 e. The van der Waals surface area contributed by atoms with Crippen LogP contribution >= 0.6 is 11.6 Å². The summed E-state index contributed by atoms with van der Waals surface area (Å²) in [6.45, 7) is 2.06. The first-order valence-electron chi connectivity index (χ1n) is 5.87. The van der Waals surface area contributed by atoms with Crippen molar-refractivity contribution in [2.24, 2.45) is 5.92 Å². The third-order valence-corrected chi connectivity index (χ3v) is 5.76. The van der Waals surface area contributed by atoms with E-state index in [2.05, 4.69) is 19.1 Å². The molecule has 4 heteroatoms. The van der Waals surface area contributed by atoms with E-state index in [-0.39, 0.29) is 17.0 Å². The van der Waals surface area contributed by atoms with Gasteiger partial charge in [-0.2, -0.15) is 0 Å². The first-order valence-corrected chi connectivity index (χ1v) is 8.13. The molecule has 1 aromatic carbocycles. The molecule has 1 saturated heterocycles. The van der Waals surface area contributed by atoms with E-state index in [0.29, 0.717) is 12.2 Å². The number of sulfone groups is 1. The van der Waals surface area contributed by atoms with E-state index >= 15 is 0 Å². The highest BCUT2D eigenvalue weighted by molar-refractivity contribution is 7.91. The minimum Gasteiger partial charge on any atom is -0.229 e. The SMILES string of the molecule is Cc1ccccc1CC(Cl)C1CCS(=O)(=O)C1. The first kappa shape index (κ1) is 12.9. The molecule has 1 aliphatic heterocycles. The minimum absolute atomic E-state index is 0.0756. The van der Waals surface area contributed by atoms with Gasteiger partial charge in [0.25, 0.3) is 0 Å². The lowest BCUT2D eigenvalue weighted by Crippen LogP contribution is -2.19. The van der Waals surface area contributed by atoms with Crippen LogP contribution in [0.5, 0.6) is 0 Å². The molecule has 1 heterocycles. The summed E-state index contributed by atoms with van der Waals surface area (Å²) < 4.78 is 22.8. The molecule has 94 valence electrons. The van der Waals surface area contributed by atoms with Crippen LogP contribution in [0, 0.1) is 12.8 Å². The Hall–Kier alpha value is -0.540. The number of benzene rings is 1. The Kier molecular flexibility index (Phi) is 3.79. The molecule has 0 N–H and O–H groups in total. The normalized spacial score (nSPS) is 24.7. The molecule has 2 atom stereocenters. The van der Waals surface area contributed by atoms with Gasteiger partial charge in [-0.3, -0.25) is 0 Å². The lowest BCUT2D eigenvalue weighted by molar-refractivity contribution is 0.550. The summed E-state index contributed by atoms with van der Waals surface area (Å²) in [4.78, 5) is 0. The fourth-order valence-electron chi connectivity index (χ4n) is 2.32. The Bertz CT molecular complexity index is 496. The molecule has 2 rings (SSSR count). The predicted octanol–water partition coefficient (Wildman–Crippen LogP) is 2.58. The van der Waals surface area contributed by atoms with Gasteiger partial charge in [-0.25, -0.2) is 8.42 Å². The third-order valence-electron chi connectivity index (χ3n) is 3.46. The van der Waals surface area contributed by atoms with Gasteiger partial charge in [-0.1, -0.05) is 24.3 Å². The van der Waals surface area contributed by atoms with Crippen LogP contribution in [0.4, 0.5) is 0 Å². The molecule has 2 unspecified atom stereocenters. The van der Waals surface area contributed by atoms with Crippen LogP contribution in [0.2, 0.25) is 0 Å². The molecule has 0 aromatic heterocycles. The summed E-state index contributed by atoms with van der Waals surface area (Å²) in [6.07, 6.45) is 1.47. The van der Waals surface area contributed by atoms with Crippen LogP contribution in [-0.2, 0) is 16.3 Å². The average Bonchev–Trinajstić information content (AvgIpc) is 2.62. The summed E-state index contributed by atoms with van der Waals surface area (Å²) in [5.41, 5.74) is 2.44. The molecule has 1 fully saturated rings. The quantitative estimate of drug-likeness (QED) is 0.793. The first-order chi connectivity index (χ1) is 7.98. The van der Waals surface area contributed by atoms with E-state index in [1.54, 1.807) is 0 Å². The number of halogens is 1. The molecule has 0 amide bonds. The van der Waals surface area contributed by atoms with Crippen molar-refractivity contribution in [3.8, 4) is 0 Å². The van der Waals surface area contributed by atoms with Crippen molar-refractivity contribution in [2.45, 2.75) is 25.1 Å². The molecule has 2 nitrogen and oxygen atoms in total. The second-order valence-corrected chi connectivity index (χ2v) is 7.60. The van der Waals surface area contributed by atoms with Crippen molar-refractivity contribution < 1.29 is 8.42 Å². The van der Waals surface area contributed by atoms with Crippen molar-refractivity contribution in [3.05, 3.63) is 35.4 Å². The van der Waals surface area contributed by atoms with Crippen LogP contribution in [0.3, 0.4) is 0 Å². The number of aryl methyl sites for hydroxylation is 1. The lowest BCUT2D eigenvalue weighted by Gasteiger charge is -2.16. The topological polar surface area (TPSA) is 34.1 Å². The number of hydrogen-bond acceptors (Lipinski definition) is 2. The largest absolute Gasteiger partial charge is 0.229 e. The maximum Gasteiger partial charge on any atom is 0.150 e. The Morgan fingerprint density at radius 3 is 2.71 bits per heavy atom. The van der Waals surface area contributed by atoms with E-state index in [9.17, 15) is 8.42 Å². The maximum absolute atomic E-state index is 11.4. The molecule has 0 spiro atoms. The second kappa shape index (κ2) is 4.99. The van der Waals surface area contributed by atoms with Gasteiger partial charge in [0.15, 0.2) is 9.84 Å². The van der Waals surface area contributed by atoms with E-state index in [1.165, 1.54) is 11.1 Å². The molecular formula is C13H17ClO2S. The molecule has 0 saturated carbocycles. The summed E-state index contributed by atoms with van der Waals surface area (Å²) in [5.74, 6) is 0.670. The van der Waals surface area contributed by atoms with Gasteiger partial charge >= 0.3 is 0 Å². The zero-order valence-electron chi connectivity index (χ0n) is 9.90. The fourth-order valence-corrected chi connectivity index (χ4v) is 4.69. The van der Waals surface area contributed by atoms with E-state index in [1.807, 2.05) is 12.1 Å². The van der Waals surface area contributed by atoms with Crippen LogP contribution in [0.25, 0.3) is 0 Å². The van der Waals surface area contributed by atoms with Crippen molar-refractivity contribution >= 4 is 21.4 Å². The highest BCUT2D eigenvalue weighted by Gasteiger charge is 2.32. The molecular weight excluding hydrogens is 256 g/mol. The van der Waals surface area contributed by atoms with Crippen molar-refractivity contribution in [3.63, 3.8) is 0 Å². The molecule has 1 aromatic rings. The molecule has 0 aliphatic carbocycles. The molecule has 17 heavy (non-hydrogen) atoms. The van der Waals surface area contributed by atoms with Gasteiger partial charge in [0.1, 0.15) is 0 Å². The second-order valence-electron chi connectivity index (χ2n) is 4.81. The monoisotopic (exact) mass is 272 g/mol. The van der Waals surface area contributed by atoms with Crippen LogP contribution in [0.15, 0.2) is 24.3 Å². The zero-order valence-corrected chi connectivity index (χ0v) is 11.5. The van der Waals surface area contributed by atoms with E-state index in [0.717, 1.165) is 6.42 Å². The summed E-state index contributed by atoms with van der Waals surface area (Å²) in [6, 6.07) is 8.12. The van der Waals surface area contributed by atoms with E-state index in [4.69, 9.17) is 11.6 Å². The van der Waals surface area contributed by atoms with Crippen LogP contribution < -0.4 is 0 Å². The number of alkyl halides is 1. The van der Waals surface area contributed by atoms with E-state index < -0.39 is 9.84 Å². The van der Waals surface area contributed by atoms with Gasteiger partial charge in [-0.05, 0) is 36.8 Å². The Balaban J connectivity index is 2.03. The lowest BCUT2D eigenvalue weighted by atomic mass is 9.96. The molecule has 0 bridgehead atoms. The predicted molar refractivity (Wildman–Crippen MR) is 71.3 cm³/mol. The van der Waals surface area contributed by atoms with Gasteiger partial charge < -0.3 is 0 Å². The fraction of sp³-hybridized carbons (Fsp3) is 0.538. The highest BCUT2D eigenvalue weighted by atomic mass is 35.5. The van der Waals surface area contributed by atoms with Crippen molar-refractivity contribution in [2.75, 3.05) is 11.5 Å². The Labute approximate surface area is 108 Å². The molecule has 0 radical (unpaired) electrons. The van der Waals surface area contributed by atoms with Crippen molar-refractivity contribution in [1.29, 1.82) is 0 Å². The van der Waals surface area contributed by atoms with Crippen LogP contribution in [0.1, 0.15) is 17.5 Å². The summed E-state index contributed by atoms with van der Waals surface area (Å²) in [7, 11) is -2.83. The maximum atomic E-state index is 11.4. The Morgan fingerprint density at radius 1 is 1.41 bits per heavy atom. The van der Waals surface area contributed by atoms with Gasteiger partial charge in [0.2, 0.25) is 0 Å². The van der Waals surface area contributed by atoms with Gasteiger partial charge in [0, 0.05) is 5.38 Å². The van der Waals surface area contributed by atoms with Crippen LogP contribution in [-0.4, -0.2) is 25.3 Å². The third kappa shape index (κ3) is 3.23. The standard InChI is InChI=1S/C13H17ClO2S/c1-10-4-2-3-5-11(10)8-13(14)12-6-7-17(15,16)9-12/h2-5,12-13H,6-9H2,1H3. The van der Waals surface area contributed by atoms with Gasteiger partial charge in [-0.15, -0.1) is 11.6 Å². The highest BCUT2D eigenvalue weighted by Crippen LogP contribution is 2.28. The minimum atomic E-state index is -2.83. The summed E-state index contributed by atoms with van der Waals surface area (Å²) in [5, 5.41) is -0.0756. The average molecular weight is 273 g/mol. The van der Waals surface area contributed by atoms with Gasteiger partial charge in [0.05, 0.1) is 11.5 Å². The molecule has 1 aliphatic rings. The Morgan fingerprint density at radius 2 is 2.12 bits per heavy atom. The number of hydrogen-bond donors (Lipinski definition) is 0. The number of rotatable bonds is 3. The van der Waals surface area contributed by atoms with Crippen molar-refractivity contribution in [1.82, 2.24) is 0 Å². The summed E-state index contributed by atoms with van der Waals surface area (Å²) >= 11 is 6.36.